The monoisotopic (exact) mass is 261 g/mol. The number of nitrogens with zero attached hydrogens (tertiary/aromatic N) is 2. The van der Waals surface area contributed by atoms with Crippen molar-refractivity contribution in [2.45, 2.75) is 20.3 Å². The molecule has 1 aromatic heterocycles. The molecule has 0 aromatic carbocycles. The van der Waals surface area contributed by atoms with Gasteiger partial charge in [0.15, 0.2) is 0 Å². The van der Waals surface area contributed by atoms with Crippen LogP contribution in [0.5, 0.6) is 0 Å². The van der Waals surface area contributed by atoms with Gasteiger partial charge in [-0.2, -0.15) is 0 Å². The Morgan fingerprint density at radius 2 is 2.12 bits per heavy atom. The van der Waals surface area contributed by atoms with Gasteiger partial charge >= 0.3 is 0 Å². The molecule has 0 aliphatic rings. The molecule has 0 saturated heterocycles. The number of nitrogens with one attached hydrogen (secondary N) is 1. The van der Waals surface area contributed by atoms with Crippen LogP contribution in [0, 0.1) is 13.8 Å². The van der Waals surface area contributed by atoms with E-state index in [1.165, 1.54) is 0 Å². The maximum absolute atomic E-state index is 11.8. The maximum atomic E-state index is 11.8. The number of carbonyl (C=O) groups is 1. The average molecular weight is 262 g/mol. The first-order chi connectivity index (χ1) is 7.56. The molecule has 1 amide bonds. The van der Waals surface area contributed by atoms with Gasteiger partial charge in [0.05, 0.1) is 12.1 Å². The second kappa shape index (κ2) is 7.29. The fourth-order valence-electron chi connectivity index (χ4n) is 1.44. The summed E-state index contributed by atoms with van der Waals surface area (Å²) in [5.41, 5.74) is 1.70. The fraction of sp³-hybridized carbons (Fsp3) is 0.636. The molecular formula is C11H20ClN3O2. The molecule has 0 saturated carbocycles. The minimum Gasteiger partial charge on any atom is -0.361 e. The maximum Gasteiger partial charge on any atom is 0.226 e. The Kier molecular flexibility index (Phi) is 6.83. The molecule has 0 atom stereocenters. The van der Waals surface area contributed by atoms with Crippen LogP contribution in [0.2, 0.25) is 0 Å². The van der Waals surface area contributed by atoms with E-state index in [1.807, 2.05) is 20.9 Å². The standard InChI is InChI=1S/C11H19N3O2.ClH/c1-8-10(9(2)16-13-8)7-11(15)14(4)6-5-12-3;/h12H,5-7H2,1-4H3;1H. The fourth-order valence-corrected chi connectivity index (χ4v) is 1.44. The van der Waals surface area contributed by atoms with Gasteiger partial charge in [-0.05, 0) is 20.9 Å². The largest absolute Gasteiger partial charge is 0.361 e. The van der Waals surface area contributed by atoms with Gasteiger partial charge in [0.2, 0.25) is 5.91 Å². The number of amides is 1. The van der Waals surface area contributed by atoms with Crippen LogP contribution in [0.3, 0.4) is 0 Å². The van der Waals surface area contributed by atoms with E-state index < -0.39 is 0 Å². The first kappa shape index (κ1) is 15.9. The Balaban J connectivity index is 0.00000256. The molecule has 0 fully saturated rings. The van der Waals surface area contributed by atoms with E-state index >= 15 is 0 Å². The van der Waals surface area contributed by atoms with Gasteiger partial charge in [-0.15, -0.1) is 12.4 Å². The van der Waals surface area contributed by atoms with Crippen molar-refractivity contribution in [2.75, 3.05) is 27.2 Å². The Morgan fingerprint density at radius 1 is 1.47 bits per heavy atom. The third kappa shape index (κ3) is 4.36. The number of hydrogen-bond acceptors (Lipinski definition) is 4. The quantitative estimate of drug-likeness (QED) is 0.857. The minimum atomic E-state index is 0. The Bertz CT molecular complexity index is 346. The molecule has 0 bridgehead atoms. The van der Waals surface area contributed by atoms with Gasteiger partial charge in [-0.25, -0.2) is 0 Å². The minimum absolute atomic E-state index is 0. The lowest BCUT2D eigenvalue weighted by molar-refractivity contribution is -0.129. The number of likely N-dealkylation sites (N-methyl/N-ethyl adjacent to an activating group) is 2. The number of halogens is 1. The lowest BCUT2D eigenvalue weighted by atomic mass is 10.1. The van der Waals surface area contributed by atoms with Gasteiger partial charge in [-0.1, -0.05) is 5.16 Å². The van der Waals surface area contributed by atoms with Gasteiger partial charge in [0.25, 0.3) is 0 Å². The summed E-state index contributed by atoms with van der Waals surface area (Å²) in [7, 11) is 3.67. The predicted octanol–water partition coefficient (Wildman–Crippen LogP) is 0.934. The zero-order valence-electron chi connectivity index (χ0n) is 10.7. The van der Waals surface area contributed by atoms with Crippen molar-refractivity contribution in [1.29, 1.82) is 0 Å². The molecule has 0 aliphatic carbocycles. The van der Waals surface area contributed by atoms with Crippen LogP contribution in [0.15, 0.2) is 4.52 Å². The number of carbonyl (C=O) groups excluding carboxylic acids is 1. The van der Waals surface area contributed by atoms with Crippen LogP contribution in [0.25, 0.3) is 0 Å². The van der Waals surface area contributed by atoms with Crippen molar-refractivity contribution in [3.8, 4) is 0 Å². The van der Waals surface area contributed by atoms with Crippen molar-refractivity contribution >= 4 is 18.3 Å². The molecule has 17 heavy (non-hydrogen) atoms. The van der Waals surface area contributed by atoms with E-state index in [0.717, 1.165) is 23.6 Å². The SMILES string of the molecule is CNCCN(C)C(=O)Cc1c(C)noc1C.Cl. The summed E-state index contributed by atoms with van der Waals surface area (Å²) in [6.45, 7) is 5.19. The van der Waals surface area contributed by atoms with Crippen molar-refractivity contribution in [2.24, 2.45) is 0 Å². The number of aromatic nitrogens is 1. The third-order valence-corrected chi connectivity index (χ3v) is 2.63. The average Bonchev–Trinajstić information content (AvgIpc) is 2.57. The summed E-state index contributed by atoms with van der Waals surface area (Å²) in [4.78, 5) is 13.6. The van der Waals surface area contributed by atoms with E-state index in [4.69, 9.17) is 4.52 Å². The molecule has 1 rings (SSSR count). The van der Waals surface area contributed by atoms with Gasteiger partial charge < -0.3 is 14.7 Å². The summed E-state index contributed by atoms with van der Waals surface area (Å²) in [5, 5.41) is 6.84. The lowest BCUT2D eigenvalue weighted by Gasteiger charge is -2.16. The number of hydrogen-bond donors (Lipinski definition) is 1. The van der Waals surface area contributed by atoms with E-state index in [0.29, 0.717) is 13.0 Å². The van der Waals surface area contributed by atoms with E-state index in [9.17, 15) is 4.79 Å². The van der Waals surface area contributed by atoms with Crippen LogP contribution in [-0.2, 0) is 11.2 Å². The highest BCUT2D eigenvalue weighted by Crippen LogP contribution is 2.13. The zero-order valence-corrected chi connectivity index (χ0v) is 11.6. The molecule has 0 unspecified atom stereocenters. The van der Waals surface area contributed by atoms with Gasteiger partial charge in [0, 0.05) is 25.7 Å². The van der Waals surface area contributed by atoms with Gasteiger partial charge in [0.1, 0.15) is 5.76 Å². The summed E-state index contributed by atoms with van der Waals surface area (Å²) in [5.74, 6) is 0.817. The first-order valence-corrected chi connectivity index (χ1v) is 5.36. The van der Waals surface area contributed by atoms with Crippen LogP contribution in [0.4, 0.5) is 0 Å². The number of rotatable bonds is 5. The molecule has 0 aliphatic heterocycles. The summed E-state index contributed by atoms with van der Waals surface area (Å²) < 4.78 is 5.02. The van der Waals surface area contributed by atoms with Crippen molar-refractivity contribution < 1.29 is 9.32 Å². The number of aryl methyl sites for hydroxylation is 2. The molecule has 0 radical (unpaired) electrons. The summed E-state index contributed by atoms with van der Waals surface area (Å²) >= 11 is 0. The van der Waals surface area contributed by atoms with Gasteiger partial charge in [-0.3, -0.25) is 4.79 Å². The van der Waals surface area contributed by atoms with E-state index in [1.54, 1.807) is 11.9 Å². The Morgan fingerprint density at radius 3 is 2.59 bits per heavy atom. The van der Waals surface area contributed by atoms with Crippen molar-refractivity contribution in [1.82, 2.24) is 15.4 Å². The molecule has 1 heterocycles. The first-order valence-electron chi connectivity index (χ1n) is 5.36. The normalized spacial score (nSPS) is 9.88. The molecule has 5 nitrogen and oxygen atoms in total. The van der Waals surface area contributed by atoms with Crippen molar-refractivity contribution in [3.63, 3.8) is 0 Å². The highest BCUT2D eigenvalue weighted by Gasteiger charge is 2.15. The summed E-state index contributed by atoms with van der Waals surface area (Å²) in [6.07, 6.45) is 0.362. The molecule has 6 heteroatoms. The van der Waals surface area contributed by atoms with Crippen LogP contribution < -0.4 is 5.32 Å². The Labute approximate surface area is 108 Å². The highest BCUT2D eigenvalue weighted by molar-refractivity contribution is 5.85. The zero-order chi connectivity index (χ0) is 12.1. The lowest BCUT2D eigenvalue weighted by Crippen LogP contribution is -2.33. The molecular weight excluding hydrogens is 242 g/mol. The van der Waals surface area contributed by atoms with Crippen LogP contribution >= 0.6 is 12.4 Å². The second-order valence-electron chi connectivity index (χ2n) is 3.90. The third-order valence-electron chi connectivity index (χ3n) is 2.63. The molecule has 1 N–H and O–H groups in total. The topological polar surface area (TPSA) is 58.4 Å². The smallest absolute Gasteiger partial charge is 0.226 e. The van der Waals surface area contributed by atoms with E-state index in [2.05, 4.69) is 10.5 Å². The molecule has 0 spiro atoms. The summed E-state index contributed by atoms with van der Waals surface area (Å²) in [6, 6.07) is 0. The van der Waals surface area contributed by atoms with Crippen LogP contribution in [0.1, 0.15) is 17.0 Å². The second-order valence-corrected chi connectivity index (χ2v) is 3.90. The van der Waals surface area contributed by atoms with Crippen LogP contribution in [-0.4, -0.2) is 43.1 Å². The molecule has 98 valence electrons. The van der Waals surface area contributed by atoms with E-state index in [-0.39, 0.29) is 18.3 Å². The Hall–Kier alpha value is -1.07. The highest BCUT2D eigenvalue weighted by atomic mass is 35.5. The van der Waals surface area contributed by atoms with Crippen molar-refractivity contribution in [3.05, 3.63) is 17.0 Å². The molecule has 1 aromatic rings. The predicted molar refractivity (Wildman–Crippen MR) is 68.5 cm³/mol.